The molecule has 0 bridgehead atoms. The highest BCUT2D eigenvalue weighted by Gasteiger charge is 2.11. The van der Waals surface area contributed by atoms with E-state index in [-0.39, 0.29) is 12.4 Å². The van der Waals surface area contributed by atoms with Crippen molar-refractivity contribution in [2.75, 3.05) is 30.3 Å². The molecule has 0 aromatic heterocycles. The first-order chi connectivity index (χ1) is 11.1. The van der Waals surface area contributed by atoms with E-state index in [1.807, 2.05) is 18.2 Å². The first-order valence-corrected chi connectivity index (χ1v) is 7.83. The average Bonchev–Trinajstić information content (AvgIpc) is 3.07. The topological polar surface area (TPSA) is 90.0 Å². The van der Waals surface area contributed by atoms with Crippen LogP contribution in [0.25, 0.3) is 0 Å². The second-order valence-electron chi connectivity index (χ2n) is 5.54. The zero-order chi connectivity index (χ0) is 16.7. The molecule has 2 aromatic carbocycles. The number of anilines is 2. The molecule has 0 spiro atoms. The van der Waals surface area contributed by atoms with Crippen LogP contribution in [0.4, 0.5) is 11.4 Å². The smallest absolute Gasteiger partial charge is 0.138 e. The standard InChI is InChI=1S/C10H13NO.C8H11NO2/c12-10-5-3-4-9(8-10)11-6-1-2-7-11;9-8-6(4-5-10)2-1-3-7(8)11/h3-5,8,12H,1-2,6-7H2;1-3,10-11H,4-5,9H2. The SMILES string of the molecule is Nc1c(O)cccc1CCO.Oc1cccc(N2CCCC2)c1. The van der Waals surface area contributed by atoms with Gasteiger partial charge in [0.2, 0.25) is 0 Å². The van der Waals surface area contributed by atoms with Gasteiger partial charge in [0, 0.05) is 31.5 Å². The van der Waals surface area contributed by atoms with E-state index in [1.54, 1.807) is 18.2 Å². The van der Waals surface area contributed by atoms with Gasteiger partial charge in [-0.25, -0.2) is 0 Å². The number of hydrogen-bond donors (Lipinski definition) is 4. The molecule has 5 nitrogen and oxygen atoms in total. The van der Waals surface area contributed by atoms with Crippen LogP contribution in [0.1, 0.15) is 18.4 Å². The van der Waals surface area contributed by atoms with Crippen molar-refractivity contribution >= 4 is 11.4 Å². The summed E-state index contributed by atoms with van der Waals surface area (Å²) in [5, 5.41) is 27.0. The van der Waals surface area contributed by atoms with Gasteiger partial charge >= 0.3 is 0 Å². The Hall–Kier alpha value is -2.40. The summed E-state index contributed by atoms with van der Waals surface area (Å²) in [4.78, 5) is 2.31. The lowest BCUT2D eigenvalue weighted by Crippen LogP contribution is -2.17. The molecule has 1 saturated heterocycles. The average molecular weight is 316 g/mol. The Morgan fingerprint density at radius 3 is 2.35 bits per heavy atom. The fourth-order valence-electron chi connectivity index (χ4n) is 2.60. The van der Waals surface area contributed by atoms with E-state index in [9.17, 15) is 5.11 Å². The van der Waals surface area contributed by atoms with Crippen LogP contribution in [0, 0.1) is 0 Å². The number of hydrogen-bond acceptors (Lipinski definition) is 5. The highest BCUT2D eigenvalue weighted by Crippen LogP contribution is 2.24. The molecule has 1 fully saturated rings. The number of phenols is 2. The number of benzene rings is 2. The number of nitrogen functional groups attached to an aromatic ring is 1. The molecule has 0 aliphatic carbocycles. The number of nitrogens with zero attached hydrogens (tertiary/aromatic N) is 1. The molecule has 0 radical (unpaired) electrons. The summed E-state index contributed by atoms with van der Waals surface area (Å²) in [6.07, 6.45) is 3.03. The second-order valence-corrected chi connectivity index (χ2v) is 5.54. The molecule has 1 heterocycles. The van der Waals surface area contributed by atoms with Gasteiger partial charge in [-0.15, -0.1) is 0 Å². The Labute approximate surface area is 136 Å². The Morgan fingerprint density at radius 2 is 1.70 bits per heavy atom. The first-order valence-electron chi connectivity index (χ1n) is 7.83. The molecule has 0 amide bonds. The van der Waals surface area contributed by atoms with Crippen LogP contribution in [-0.4, -0.2) is 35.0 Å². The minimum Gasteiger partial charge on any atom is -0.508 e. The van der Waals surface area contributed by atoms with E-state index in [2.05, 4.69) is 4.90 Å². The molecule has 5 heteroatoms. The van der Waals surface area contributed by atoms with Gasteiger partial charge in [-0.05, 0) is 43.0 Å². The highest BCUT2D eigenvalue weighted by atomic mass is 16.3. The summed E-state index contributed by atoms with van der Waals surface area (Å²) >= 11 is 0. The van der Waals surface area contributed by atoms with Gasteiger partial charge in [-0.2, -0.15) is 0 Å². The predicted octanol–water partition coefficient (Wildman–Crippen LogP) is 2.50. The lowest BCUT2D eigenvalue weighted by molar-refractivity contribution is 0.299. The summed E-state index contributed by atoms with van der Waals surface area (Å²) < 4.78 is 0. The summed E-state index contributed by atoms with van der Waals surface area (Å²) in [5.74, 6) is 0.440. The van der Waals surface area contributed by atoms with Crippen molar-refractivity contribution in [1.82, 2.24) is 0 Å². The highest BCUT2D eigenvalue weighted by molar-refractivity contribution is 5.57. The van der Waals surface area contributed by atoms with E-state index < -0.39 is 0 Å². The largest absolute Gasteiger partial charge is 0.508 e. The zero-order valence-electron chi connectivity index (χ0n) is 13.2. The first kappa shape index (κ1) is 17.0. The van der Waals surface area contributed by atoms with Crippen molar-refractivity contribution in [2.45, 2.75) is 19.3 Å². The number of para-hydroxylation sites is 1. The fourth-order valence-corrected chi connectivity index (χ4v) is 2.60. The van der Waals surface area contributed by atoms with Crippen LogP contribution >= 0.6 is 0 Å². The van der Waals surface area contributed by atoms with Gasteiger partial charge in [0.25, 0.3) is 0 Å². The van der Waals surface area contributed by atoms with Gasteiger partial charge in [0.1, 0.15) is 11.5 Å². The number of phenolic OH excluding ortho intramolecular Hbond substituents is 2. The van der Waals surface area contributed by atoms with Crippen molar-refractivity contribution in [1.29, 1.82) is 0 Å². The number of aliphatic hydroxyl groups excluding tert-OH is 1. The summed E-state index contributed by atoms with van der Waals surface area (Å²) in [6.45, 7) is 2.31. The third-order valence-electron chi connectivity index (χ3n) is 3.86. The molecule has 2 aromatic rings. The number of aromatic hydroxyl groups is 2. The number of rotatable bonds is 3. The Bertz CT molecular complexity index is 625. The van der Waals surface area contributed by atoms with E-state index in [4.69, 9.17) is 15.9 Å². The Balaban J connectivity index is 0.000000168. The van der Waals surface area contributed by atoms with Crippen LogP contribution in [0.15, 0.2) is 42.5 Å². The van der Waals surface area contributed by atoms with Crippen LogP contribution in [0.2, 0.25) is 0 Å². The van der Waals surface area contributed by atoms with E-state index in [0.29, 0.717) is 17.9 Å². The molecule has 0 atom stereocenters. The molecule has 3 rings (SSSR count). The van der Waals surface area contributed by atoms with Crippen molar-refractivity contribution in [2.24, 2.45) is 0 Å². The maximum absolute atomic E-state index is 9.25. The summed E-state index contributed by atoms with van der Waals surface area (Å²) in [7, 11) is 0. The number of aliphatic hydroxyl groups is 1. The van der Waals surface area contributed by atoms with Crippen molar-refractivity contribution in [3.05, 3.63) is 48.0 Å². The normalized spacial score (nSPS) is 13.5. The molecule has 0 saturated carbocycles. The van der Waals surface area contributed by atoms with Gasteiger partial charge in [-0.1, -0.05) is 18.2 Å². The van der Waals surface area contributed by atoms with Gasteiger partial charge < -0.3 is 26.0 Å². The number of nitrogens with two attached hydrogens (primary N) is 1. The molecule has 5 N–H and O–H groups in total. The van der Waals surface area contributed by atoms with Crippen LogP contribution in [0.5, 0.6) is 11.5 Å². The Morgan fingerprint density at radius 1 is 1.00 bits per heavy atom. The van der Waals surface area contributed by atoms with Crippen molar-refractivity contribution in [3.63, 3.8) is 0 Å². The van der Waals surface area contributed by atoms with Crippen molar-refractivity contribution in [3.8, 4) is 11.5 Å². The third-order valence-corrected chi connectivity index (χ3v) is 3.86. The van der Waals surface area contributed by atoms with Crippen molar-refractivity contribution < 1.29 is 15.3 Å². The van der Waals surface area contributed by atoms with Crippen LogP contribution in [-0.2, 0) is 6.42 Å². The summed E-state index contributed by atoms with van der Waals surface area (Å²) in [5.41, 5.74) is 7.80. The lowest BCUT2D eigenvalue weighted by Gasteiger charge is -2.17. The van der Waals surface area contributed by atoms with Crippen LogP contribution in [0.3, 0.4) is 0 Å². The fraction of sp³-hybridized carbons (Fsp3) is 0.333. The monoisotopic (exact) mass is 316 g/mol. The third kappa shape index (κ3) is 4.79. The minimum absolute atomic E-state index is 0.0493. The molecule has 1 aliphatic heterocycles. The van der Waals surface area contributed by atoms with E-state index >= 15 is 0 Å². The zero-order valence-corrected chi connectivity index (χ0v) is 13.2. The quantitative estimate of drug-likeness (QED) is 0.516. The second kappa shape index (κ2) is 8.29. The Kier molecular flexibility index (Phi) is 6.11. The maximum atomic E-state index is 9.25. The molecule has 0 unspecified atom stereocenters. The van der Waals surface area contributed by atoms with Crippen LogP contribution < -0.4 is 10.6 Å². The van der Waals surface area contributed by atoms with E-state index in [0.717, 1.165) is 24.3 Å². The van der Waals surface area contributed by atoms with Gasteiger partial charge in [-0.3, -0.25) is 0 Å². The molecule has 23 heavy (non-hydrogen) atoms. The van der Waals surface area contributed by atoms with E-state index in [1.165, 1.54) is 18.9 Å². The van der Waals surface area contributed by atoms with Gasteiger partial charge in [0.15, 0.2) is 0 Å². The molecule has 124 valence electrons. The van der Waals surface area contributed by atoms with Gasteiger partial charge in [0.05, 0.1) is 5.69 Å². The summed E-state index contributed by atoms with van der Waals surface area (Å²) in [6, 6.07) is 12.5. The predicted molar refractivity (Wildman–Crippen MR) is 92.9 cm³/mol. The maximum Gasteiger partial charge on any atom is 0.138 e. The molecule has 1 aliphatic rings. The molecular weight excluding hydrogens is 292 g/mol. The molecular formula is C18H24N2O3. The lowest BCUT2D eigenvalue weighted by atomic mass is 10.1. The minimum atomic E-state index is 0.0493.